The largest absolute Gasteiger partial charge is 0.362 e. The van der Waals surface area contributed by atoms with Crippen molar-refractivity contribution < 1.29 is 8.78 Å². The van der Waals surface area contributed by atoms with Crippen LogP contribution < -0.4 is 5.32 Å². The van der Waals surface area contributed by atoms with Crippen molar-refractivity contribution in [3.63, 3.8) is 0 Å². The Morgan fingerprint density at radius 3 is 2.75 bits per heavy atom. The van der Waals surface area contributed by atoms with Crippen LogP contribution in [0.1, 0.15) is 29.6 Å². The van der Waals surface area contributed by atoms with Crippen molar-refractivity contribution in [1.29, 1.82) is 5.26 Å². The van der Waals surface area contributed by atoms with Crippen LogP contribution in [0.3, 0.4) is 0 Å². The highest BCUT2D eigenvalue weighted by Gasteiger charge is 2.35. The summed E-state index contributed by atoms with van der Waals surface area (Å²) in [5, 5.41) is 16.1. The Labute approximate surface area is 114 Å². The molecule has 0 bridgehead atoms. The maximum absolute atomic E-state index is 13.2. The lowest BCUT2D eigenvalue weighted by molar-refractivity contribution is 0.0658. The molecule has 1 aliphatic rings. The fourth-order valence-electron chi connectivity index (χ4n) is 2.52. The lowest BCUT2D eigenvalue weighted by Gasteiger charge is -2.32. The van der Waals surface area contributed by atoms with Gasteiger partial charge in [-0.2, -0.15) is 10.4 Å². The second-order valence-electron chi connectivity index (χ2n) is 4.71. The van der Waals surface area contributed by atoms with E-state index in [1.807, 2.05) is 36.4 Å². The lowest BCUT2D eigenvalue weighted by Crippen LogP contribution is -2.31. The average Bonchev–Trinajstić information content (AvgIpc) is 2.89. The van der Waals surface area contributed by atoms with Crippen LogP contribution >= 0.6 is 0 Å². The Kier molecular flexibility index (Phi) is 3.11. The van der Waals surface area contributed by atoms with Crippen molar-refractivity contribution in [3.8, 4) is 6.07 Å². The summed E-state index contributed by atoms with van der Waals surface area (Å²) in [6, 6.07) is 10.1. The van der Waals surface area contributed by atoms with E-state index in [0.29, 0.717) is 5.82 Å². The van der Waals surface area contributed by atoms with E-state index in [1.54, 1.807) is 0 Å². The zero-order valence-electron chi connectivity index (χ0n) is 10.5. The molecule has 2 unspecified atom stereocenters. The van der Waals surface area contributed by atoms with Crippen LogP contribution in [0.4, 0.5) is 14.6 Å². The van der Waals surface area contributed by atoms with Gasteiger partial charge in [-0.1, -0.05) is 30.3 Å². The number of nitrogens with zero attached hydrogens (tertiary/aromatic N) is 3. The van der Waals surface area contributed by atoms with Crippen molar-refractivity contribution in [2.75, 3.05) is 5.32 Å². The SMILES string of the molecule is N#Cc1cnn2c1NC(c1ccccc1)CC2C(F)F. The van der Waals surface area contributed by atoms with Gasteiger partial charge in [0, 0.05) is 0 Å². The summed E-state index contributed by atoms with van der Waals surface area (Å²) in [4.78, 5) is 0. The number of benzene rings is 1. The van der Waals surface area contributed by atoms with Crippen LogP contribution in [0.25, 0.3) is 0 Å². The van der Waals surface area contributed by atoms with Crippen LogP contribution in [0.15, 0.2) is 36.5 Å². The summed E-state index contributed by atoms with van der Waals surface area (Å²) >= 11 is 0. The third-order valence-corrected chi connectivity index (χ3v) is 3.51. The number of hydrogen-bond acceptors (Lipinski definition) is 3. The van der Waals surface area contributed by atoms with Gasteiger partial charge >= 0.3 is 0 Å². The first kappa shape index (κ1) is 12.6. The van der Waals surface area contributed by atoms with Crippen molar-refractivity contribution in [2.45, 2.75) is 24.9 Å². The molecule has 1 N–H and O–H groups in total. The van der Waals surface area contributed by atoms with E-state index in [2.05, 4.69) is 10.4 Å². The molecular formula is C14H12F2N4. The number of fused-ring (bicyclic) bond motifs is 1. The topological polar surface area (TPSA) is 53.6 Å². The van der Waals surface area contributed by atoms with E-state index in [9.17, 15) is 8.78 Å². The summed E-state index contributed by atoms with van der Waals surface area (Å²) in [5.74, 6) is 0.373. The van der Waals surface area contributed by atoms with E-state index in [1.165, 1.54) is 10.9 Å². The van der Waals surface area contributed by atoms with Gasteiger partial charge in [-0.05, 0) is 12.0 Å². The zero-order valence-corrected chi connectivity index (χ0v) is 10.5. The minimum atomic E-state index is -2.52. The summed E-state index contributed by atoms with van der Waals surface area (Å²) in [6.45, 7) is 0. The number of nitriles is 1. The molecule has 4 nitrogen and oxygen atoms in total. The van der Waals surface area contributed by atoms with Gasteiger partial charge in [0.15, 0.2) is 0 Å². The van der Waals surface area contributed by atoms with Gasteiger partial charge in [-0.15, -0.1) is 0 Å². The molecule has 0 aliphatic carbocycles. The van der Waals surface area contributed by atoms with Crippen molar-refractivity contribution in [2.24, 2.45) is 0 Å². The number of halogens is 2. The highest BCUT2D eigenvalue weighted by atomic mass is 19.3. The quantitative estimate of drug-likeness (QED) is 0.915. The van der Waals surface area contributed by atoms with E-state index in [4.69, 9.17) is 5.26 Å². The fraction of sp³-hybridized carbons (Fsp3) is 0.286. The van der Waals surface area contributed by atoms with E-state index < -0.39 is 12.5 Å². The van der Waals surface area contributed by atoms with E-state index in [0.717, 1.165) is 5.56 Å². The molecule has 20 heavy (non-hydrogen) atoms. The average molecular weight is 274 g/mol. The molecule has 1 aliphatic heterocycles. The van der Waals surface area contributed by atoms with Crippen molar-refractivity contribution >= 4 is 5.82 Å². The highest BCUT2D eigenvalue weighted by molar-refractivity contribution is 5.54. The Bertz CT molecular complexity index is 645. The maximum Gasteiger partial charge on any atom is 0.260 e. The Morgan fingerprint density at radius 1 is 1.35 bits per heavy atom. The molecule has 2 atom stereocenters. The molecule has 2 heterocycles. The van der Waals surface area contributed by atoms with Crippen LogP contribution in [0.2, 0.25) is 0 Å². The van der Waals surface area contributed by atoms with Crippen LogP contribution in [-0.2, 0) is 0 Å². The molecule has 0 fully saturated rings. The number of aromatic nitrogens is 2. The maximum atomic E-state index is 13.2. The molecule has 0 saturated carbocycles. The van der Waals surface area contributed by atoms with Crippen molar-refractivity contribution in [1.82, 2.24) is 9.78 Å². The van der Waals surface area contributed by atoms with Gasteiger partial charge in [-0.3, -0.25) is 0 Å². The summed E-state index contributed by atoms with van der Waals surface area (Å²) in [5.41, 5.74) is 1.21. The second-order valence-corrected chi connectivity index (χ2v) is 4.71. The minimum Gasteiger partial charge on any atom is -0.362 e. The number of nitrogens with one attached hydrogen (secondary N) is 1. The molecule has 1 aromatic heterocycles. The molecule has 0 radical (unpaired) electrons. The van der Waals surface area contributed by atoms with Crippen LogP contribution in [0.5, 0.6) is 0 Å². The van der Waals surface area contributed by atoms with Crippen molar-refractivity contribution in [3.05, 3.63) is 47.7 Å². The molecule has 3 rings (SSSR count). The minimum absolute atomic E-state index is 0.237. The number of hydrogen-bond donors (Lipinski definition) is 1. The first-order valence-electron chi connectivity index (χ1n) is 6.28. The van der Waals surface area contributed by atoms with Gasteiger partial charge in [0.1, 0.15) is 23.5 Å². The van der Waals surface area contributed by atoms with Crippen LogP contribution in [-0.4, -0.2) is 16.2 Å². The standard InChI is InChI=1S/C14H12F2N4/c15-13(16)12-6-11(9-4-2-1-3-5-9)19-14-10(7-17)8-18-20(12)14/h1-5,8,11-13,19H,6H2. The number of alkyl halides is 2. The molecule has 6 heteroatoms. The molecule has 1 aromatic carbocycles. The van der Waals surface area contributed by atoms with E-state index in [-0.39, 0.29) is 18.0 Å². The molecular weight excluding hydrogens is 262 g/mol. The molecule has 102 valence electrons. The molecule has 0 spiro atoms. The first-order chi connectivity index (χ1) is 9.70. The monoisotopic (exact) mass is 274 g/mol. The first-order valence-corrected chi connectivity index (χ1v) is 6.28. The zero-order chi connectivity index (χ0) is 14.1. The second kappa shape index (κ2) is 4.93. The fourth-order valence-corrected chi connectivity index (χ4v) is 2.52. The van der Waals surface area contributed by atoms with Gasteiger partial charge in [0.05, 0.1) is 12.2 Å². The Balaban J connectivity index is 2.02. The summed E-state index contributed by atoms with van der Waals surface area (Å²) < 4.78 is 27.7. The van der Waals surface area contributed by atoms with Gasteiger partial charge in [0.2, 0.25) is 0 Å². The normalized spacial score (nSPS) is 21.1. The highest BCUT2D eigenvalue weighted by Crippen LogP contribution is 2.38. The Morgan fingerprint density at radius 2 is 2.10 bits per heavy atom. The third kappa shape index (κ3) is 2.01. The number of rotatable bonds is 2. The third-order valence-electron chi connectivity index (χ3n) is 3.51. The predicted molar refractivity (Wildman–Crippen MR) is 69.4 cm³/mol. The molecule has 0 saturated heterocycles. The van der Waals surface area contributed by atoms with Gasteiger partial charge < -0.3 is 5.32 Å². The predicted octanol–water partition coefficient (Wildman–Crippen LogP) is 3.12. The van der Waals surface area contributed by atoms with Crippen LogP contribution in [0, 0.1) is 11.3 Å². The lowest BCUT2D eigenvalue weighted by atomic mass is 9.97. The van der Waals surface area contributed by atoms with Gasteiger partial charge in [-0.25, -0.2) is 13.5 Å². The molecule has 2 aromatic rings. The summed E-state index contributed by atoms with van der Waals surface area (Å²) in [7, 11) is 0. The Hall–Kier alpha value is -2.42. The van der Waals surface area contributed by atoms with E-state index >= 15 is 0 Å². The summed E-state index contributed by atoms with van der Waals surface area (Å²) in [6.07, 6.45) is -0.958. The smallest absolute Gasteiger partial charge is 0.260 e. The van der Waals surface area contributed by atoms with Gasteiger partial charge in [0.25, 0.3) is 6.43 Å². The number of anilines is 1. The molecule has 0 amide bonds.